The zero-order chi connectivity index (χ0) is 30.0. The molecule has 1 heterocycles. The molecule has 0 unspecified atom stereocenters. The highest BCUT2D eigenvalue weighted by atomic mass is 32.2. The lowest BCUT2D eigenvalue weighted by Gasteiger charge is -2.11. The predicted molar refractivity (Wildman–Crippen MR) is 168 cm³/mol. The highest BCUT2D eigenvalue weighted by molar-refractivity contribution is 7.99. The van der Waals surface area contributed by atoms with E-state index in [1.54, 1.807) is 26.5 Å². The van der Waals surface area contributed by atoms with Crippen molar-refractivity contribution < 1.29 is 19.0 Å². The first-order valence-corrected chi connectivity index (χ1v) is 14.5. The molecular weight excluding hydrogens is 562 g/mol. The number of benzene rings is 4. The Labute approximate surface area is 254 Å². The Morgan fingerprint density at radius 1 is 0.907 bits per heavy atom. The van der Waals surface area contributed by atoms with Crippen LogP contribution in [0.4, 0.5) is 0 Å². The van der Waals surface area contributed by atoms with Crippen molar-refractivity contribution in [1.29, 1.82) is 0 Å². The van der Waals surface area contributed by atoms with Crippen LogP contribution in [0.1, 0.15) is 16.7 Å². The lowest BCUT2D eigenvalue weighted by Crippen LogP contribution is -2.20. The smallest absolute Gasteiger partial charge is 0.250 e. The van der Waals surface area contributed by atoms with E-state index in [0.717, 1.165) is 33.7 Å². The zero-order valence-electron chi connectivity index (χ0n) is 24.1. The molecule has 1 aromatic heterocycles. The van der Waals surface area contributed by atoms with Crippen LogP contribution in [0.15, 0.2) is 107 Å². The highest BCUT2D eigenvalue weighted by Crippen LogP contribution is 2.30. The third-order valence-corrected chi connectivity index (χ3v) is 7.36. The number of ether oxygens (including phenoxy) is 3. The van der Waals surface area contributed by atoms with E-state index >= 15 is 0 Å². The maximum Gasteiger partial charge on any atom is 0.250 e. The summed E-state index contributed by atoms with van der Waals surface area (Å²) >= 11 is 1.27. The summed E-state index contributed by atoms with van der Waals surface area (Å²) in [5.74, 6) is 2.42. The van der Waals surface area contributed by atoms with Gasteiger partial charge in [-0.1, -0.05) is 71.9 Å². The Morgan fingerprint density at radius 3 is 2.40 bits per heavy atom. The number of amides is 1. The molecule has 0 radical (unpaired) electrons. The predicted octanol–water partition coefficient (Wildman–Crippen LogP) is 6.08. The van der Waals surface area contributed by atoms with Crippen molar-refractivity contribution in [2.45, 2.75) is 18.7 Å². The van der Waals surface area contributed by atoms with Gasteiger partial charge in [0.05, 0.1) is 26.2 Å². The van der Waals surface area contributed by atoms with E-state index in [1.165, 1.54) is 11.8 Å². The molecule has 0 spiro atoms. The van der Waals surface area contributed by atoms with Gasteiger partial charge in [-0.25, -0.2) is 5.43 Å². The van der Waals surface area contributed by atoms with Gasteiger partial charge in [-0.05, 0) is 60.5 Å². The van der Waals surface area contributed by atoms with E-state index in [-0.39, 0.29) is 11.7 Å². The van der Waals surface area contributed by atoms with Crippen LogP contribution >= 0.6 is 11.8 Å². The van der Waals surface area contributed by atoms with Gasteiger partial charge in [0.1, 0.15) is 12.4 Å². The maximum atomic E-state index is 12.7. The van der Waals surface area contributed by atoms with Crippen LogP contribution < -0.4 is 19.6 Å². The quantitative estimate of drug-likeness (QED) is 0.106. The van der Waals surface area contributed by atoms with Crippen molar-refractivity contribution in [3.05, 3.63) is 114 Å². The fraction of sp³-hybridized carbons (Fsp3) is 0.152. The minimum atomic E-state index is -0.281. The monoisotopic (exact) mass is 593 g/mol. The molecule has 0 atom stereocenters. The fourth-order valence-electron chi connectivity index (χ4n) is 4.18. The molecule has 4 aromatic carbocycles. The van der Waals surface area contributed by atoms with Gasteiger partial charge in [-0.15, -0.1) is 10.2 Å². The lowest BCUT2D eigenvalue weighted by molar-refractivity contribution is -0.118. The van der Waals surface area contributed by atoms with Gasteiger partial charge in [-0.2, -0.15) is 5.10 Å². The normalized spacial score (nSPS) is 11.0. The SMILES string of the molecule is COc1ccc(-n2c(SCC(=O)NN=Cc3ccc(OC)c(OCc4ccccc4)c3)nnc2-c2ccc(C)cc2)cc1. The number of aryl methyl sites for hydroxylation is 1. The second-order valence-corrected chi connectivity index (χ2v) is 10.4. The molecule has 1 amide bonds. The molecule has 0 saturated heterocycles. The molecule has 0 aliphatic carbocycles. The third kappa shape index (κ3) is 7.60. The standard InChI is InChI=1S/C33H31N5O4S/c1-23-9-12-26(13-10-23)32-36-37-33(38(32)27-14-16-28(40-2)17-15-27)43-22-31(39)35-34-20-25-11-18-29(41-3)30(19-25)42-21-24-7-5-4-6-8-24/h4-20H,21-22H2,1-3H3,(H,35,39). The summed E-state index contributed by atoms with van der Waals surface area (Å²) in [5.41, 5.74) is 7.30. The number of nitrogens with one attached hydrogen (secondary N) is 1. The first kappa shape index (κ1) is 29.4. The van der Waals surface area contributed by atoms with E-state index in [0.29, 0.717) is 29.1 Å². The van der Waals surface area contributed by atoms with E-state index < -0.39 is 0 Å². The van der Waals surface area contributed by atoms with Crippen LogP contribution in [-0.2, 0) is 11.4 Å². The van der Waals surface area contributed by atoms with Crippen LogP contribution in [0, 0.1) is 6.92 Å². The number of methoxy groups -OCH3 is 2. The molecule has 43 heavy (non-hydrogen) atoms. The van der Waals surface area contributed by atoms with Crippen molar-refractivity contribution in [2.75, 3.05) is 20.0 Å². The summed E-state index contributed by atoms with van der Waals surface area (Å²) in [6.45, 7) is 2.44. The fourth-order valence-corrected chi connectivity index (χ4v) is 4.92. The molecule has 5 rings (SSSR count). The van der Waals surface area contributed by atoms with Crippen LogP contribution in [0.2, 0.25) is 0 Å². The number of hydrogen-bond donors (Lipinski definition) is 1. The van der Waals surface area contributed by atoms with Gasteiger partial charge in [0, 0.05) is 11.3 Å². The molecule has 10 heteroatoms. The Kier molecular flexibility index (Phi) is 9.71. The molecule has 1 N–H and O–H groups in total. The summed E-state index contributed by atoms with van der Waals surface area (Å²) in [7, 11) is 3.22. The second-order valence-electron chi connectivity index (χ2n) is 9.47. The number of carbonyl (C=O) groups is 1. The molecule has 5 aromatic rings. The van der Waals surface area contributed by atoms with E-state index in [4.69, 9.17) is 14.2 Å². The van der Waals surface area contributed by atoms with Crippen molar-refractivity contribution in [1.82, 2.24) is 20.2 Å². The molecule has 0 aliphatic rings. The van der Waals surface area contributed by atoms with Crippen molar-refractivity contribution >= 4 is 23.9 Å². The van der Waals surface area contributed by atoms with Crippen LogP contribution in [0.25, 0.3) is 17.1 Å². The van der Waals surface area contributed by atoms with Gasteiger partial charge in [-0.3, -0.25) is 9.36 Å². The minimum absolute atomic E-state index is 0.0908. The molecule has 9 nitrogen and oxygen atoms in total. The summed E-state index contributed by atoms with van der Waals surface area (Å²) in [6.07, 6.45) is 1.56. The zero-order valence-corrected chi connectivity index (χ0v) is 24.9. The van der Waals surface area contributed by atoms with Crippen LogP contribution in [-0.4, -0.2) is 46.9 Å². The van der Waals surface area contributed by atoms with Crippen molar-refractivity contribution in [3.8, 4) is 34.3 Å². The number of hydrazone groups is 1. The van der Waals surface area contributed by atoms with Crippen molar-refractivity contribution in [2.24, 2.45) is 5.10 Å². The largest absolute Gasteiger partial charge is 0.497 e. The van der Waals surface area contributed by atoms with Gasteiger partial charge in [0.25, 0.3) is 5.91 Å². The van der Waals surface area contributed by atoms with Gasteiger partial charge >= 0.3 is 0 Å². The molecular formula is C33H31N5O4S. The van der Waals surface area contributed by atoms with E-state index in [2.05, 4.69) is 20.7 Å². The van der Waals surface area contributed by atoms with E-state index in [9.17, 15) is 4.79 Å². The van der Waals surface area contributed by atoms with E-state index in [1.807, 2.05) is 102 Å². The summed E-state index contributed by atoms with van der Waals surface area (Å²) < 4.78 is 18.6. The Hall–Kier alpha value is -5.09. The number of hydrogen-bond acceptors (Lipinski definition) is 8. The van der Waals surface area contributed by atoms with Gasteiger partial charge < -0.3 is 14.2 Å². The third-order valence-electron chi connectivity index (χ3n) is 6.43. The summed E-state index contributed by atoms with van der Waals surface area (Å²) in [4.78, 5) is 12.7. The molecule has 218 valence electrons. The molecule has 0 saturated carbocycles. The molecule has 0 aliphatic heterocycles. The number of nitrogens with zero attached hydrogens (tertiary/aromatic N) is 4. The first-order chi connectivity index (χ1) is 21.0. The second kappa shape index (κ2) is 14.2. The first-order valence-electron chi connectivity index (χ1n) is 13.5. The minimum Gasteiger partial charge on any atom is -0.497 e. The average molecular weight is 594 g/mol. The number of carbonyl (C=O) groups excluding carboxylic acids is 1. The number of aromatic nitrogens is 3. The van der Waals surface area contributed by atoms with Crippen LogP contribution in [0.5, 0.6) is 17.2 Å². The number of rotatable bonds is 12. The highest BCUT2D eigenvalue weighted by Gasteiger charge is 2.17. The maximum absolute atomic E-state index is 12.7. The molecule has 0 fully saturated rings. The average Bonchev–Trinajstić information content (AvgIpc) is 3.47. The van der Waals surface area contributed by atoms with Crippen LogP contribution in [0.3, 0.4) is 0 Å². The summed E-state index contributed by atoms with van der Waals surface area (Å²) in [6, 6.07) is 31.0. The lowest BCUT2D eigenvalue weighted by atomic mass is 10.1. The Morgan fingerprint density at radius 2 is 1.67 bits per heavy atom. The van der Waals surface area contributed by atoms with Gasteiger partial charge in [0.15, 0.2) is 22.5 Å². The number of thioether (sulfide) groups is 1. The van der Waals surface area contributed by atoms with Crippen molar-refractivity contribution in [3.63, 3.8) is 0 Å². The summed E-state index contributed by atoms with van der Waals surface area (Å²) in [5, 5.41) is 13.6. The topological polar surface area (TPSA) is 99.9 Å². The van der Waals surface area contributed by atoms with Gasteiger partial charge in [0.2, 0.25) is 0 Å². The molecule has 0 bridgehead atoms. The Bertz CT molecular complexity index is 1690. The Balaban J connectivity index is 1.25.